The monoisotopic (exact) mass is 714 g/mol. The van der Waals surface area contributed by atoms with E-state index in [0.29, 0.717) is 49.0 Å². The van der Waals surface area contributed by atoms with Crippen LogP contribution in [0.25, 0.3) is 0 Å². The molecule has 0 spiro atoms. The molecule has 6 rings (SSSR count). The molecular formula is C47H71NO4. The highest BCUT2D eigenvalue weighted by Crippen LogP contribution is 2.78. The Morgan fingerprint density at radius 2 is 1.60 bits per heavy atom. The molecule has 1 aromatic rings. The summed E-state index contributed by atoms with van der Waals surface area (Å²) in [6.07, 6.45) is 13.3. The van der Waals surface area contributed by atoms with E-state index in [1.54, 1.807) is 0 Å². The second kappa shape index (κ2) is 13.6. The quantitative estimate of drug-likeness (QED) is 0.177. The van der Waals surface area contributed by atoms with E-state index < -0.39 is 5.97 Å². The Hall–Kier alpha value is -2.56. The van der Waals surface area contributed by atoms with Gasteiger partial charge in [-0.25, -0.2) is 0 Å². The lowest BCUT2D eigenvalue weighted by molar-refractivity contribution is -0.249. The van der Waals surface area contributed by atoms with Crippen molar-refractivity contribution in [3.63, 3.8) is 0 Å². The molecule has 0 radical (unpaired) electrons. The van der Waals surface area contributed by atoms with Gasteiger partial charge in [0.15, 0.2) is 0 Å². The van der Waals surface area contributed by atoms with Crippen LogP contribution in [0.3, 0.4) is 0 Å². The number of hydrogen-bond acceptors (Lipinski definition) is 3. The first kappa shape index (κ1) is 39.1. The number of ether oxygens (including phenoxy) is 1. The fourth-order valence-corrected chi connectivity index (χ4v) is 14.4. The van der Waals surface area contributed by atoms with E-state index >= 15 is 0 Å². The Kier molecular flexibility index (Phi) is 10.3. The van der Waals surface area contributed by atoms with Gasteiger partial charge < -0.3 is 15.2 Å². The minimum Gasteiger partial charge on any atom is -0.495 e. The summed E-state index contributed by atoms with van der Waals surface area (Å²) in [5.74, 6) is 3.04. The molecule has 5 aliphatic carbocycles. The average molecular weight is 714 g/mol. The predicted molar refractivity (Wildman–Crippen MR) is 211 cm³/mol. The van der Waals surface area contributed by atoms with Crippen LogP contribution >= 0.6 is 0 Å². The highest BCUT2D eigenvalue weighted by Gasteiger charge is 2.71. The first-order valence-electron chi connectivity index (χ1n) is 20.7. The van der Waals surface area contributed by atoms with Crippen molar-refractivity contribution in [1.29, 1.82) is 0 Å². The summed E-state index contributed by atoms with van der Waals surface area (Å²) in [4.78, 5) is 25.3. The molecule has 0 saturated heterocycles. The number of aryl methyl sites for hydroxylation is 1. The standard InChI is InChI=1S/C47H71NO4/c1-30(2)34-18-23-47(27-39(49)48-29-33-15-13-12-14-31(33)3)25-24-45(10)35(41(34)47)16-17-37-44(9)21-20-38(43(7,8)36(44)19-22-46(37,45)11)52-32(4)26-42(5,6)28-40(50)51/h12-15,34-38,41H,1,4,16-29H2,2-3,5-11H3,(H,48,49)(H,50,51)/t34-,35+,36?,37?,38?,41?,44-,45+,46+,47+/m0/s1. The van der Waals surface area contributed by atoms with E-state index in [-0.39, 0.29) is 50.9 Å². The highest BCUT2D eigenvalue weighted by molar-refractivity contribution is 5.77. The second-order valence-electron chi connectivity index (χ2n) is 20.8. The van der Waals surface area contributed by atoms with E-state index in [1.807, 2.05) is 13.8 Å². The van der Waals surface area contributed by atoms with Gasteiger partial charge in [0.05, 0.1) is 12.2 Å². The summed E-state index contributed by atoms with van der Waals surface area (Å²) in [5, 5.41) is 12.8. The van der Waals surface area contributed by atoms with Crippen LogP contribution in [-0.4, -0.2) is 23.1 Å². The van der Waals surface area contributed by atoms with Gasteiger partial charge in [0.1, 0.15) is 6.10 Å². The molecule has 0 aromatic heterocycles. The topological polar surface area (TPSA) is 75.6 Å². The van der Waals surface area contributed by atoms with Crippen molar-refractivity contribution in [2.24, 2.45) is 62.1 Å². The Balaban J connectivity index is 1.21. The first-order chi connectivity index (χ1) is 24.2. The predicted octanol–water partition coefficient (Wildman–Crippen LogP) is 11.4. The molecule has 5 nitrogen and oxygen atoms in total. The largest absolute Gasteiger partial charge is 0.495 e. The lowest BCUT2D eigenvalue weighted by Crippen LogP contribution is -2.66. The Morgan fingerprint density at radius 1 is 0.885 bits per heavy atom. The molecule has 288 valence electrons. The second-order valence-corrected chi connectivity index (χ2v) is 20.8. The van der Waals surface area contributed by atoms with Crippen LogP contribution in [0.1, 0.15) is 150 Å². The molecule has 0 aliphatic heterocycles. The van der Waals surface area contributed by atoms with Crippen LogP contribution in [0.5, 0.6) is 0 Å². The number of nitrogens with one attached hydrogen (secondary N) is 1. The zero-order valence-electron chi connectivity index (χ0n) is 34.3. The van der Waals surface area contributed by atoms with Crippen LogP contribution in [0.2, 0.25) is 0 Å². The van der Waals surface area contributed by atoms with Gasteiger partial charge in [-0.1, -0.05) is 91.5 Å². The van der Waals surface area contributed by atoms with E-state index in [0.717, 1.165) is 25.0 Å². The fraction of sp³-hybridized carbons (Fsp3) is 0.745. The van der Waals surface area contributed by atoms with Crippen LogP contribution < -0.4 is 5.32 Å². The third-order valence-electron chi connectivity index (χ3n) is 17.0. The number of aliphatic carboxylic acids is 1. The average Bonchev–Trinajstić information content (AvgIpc) is 3.41. The van der Waals surface area contributed by atoms with Gasteiger partial charge in [-0.2, -0.15) is 0 Å². The zero-order chi connectivity index (χ0) is 38.1. The molecule has 0 heterocycles. The van der Waals surface area contributed by atoms with Crippen molar-refractivity contribution in [3.8, 4) is 0 Å². The van der Waals surface area contributed by atoms with E-state index in [1.165, 1.54) is 61.6 Å². The van der Waals surface area contributed by atoms with Crippen LogP contribution in [0.15, 0.2) is 48.8 Å². The summed E-state index contributed by atoms with van der Waals surface area (Å²) in [6, 6.07) is 8.39. The smallest absolute Gasteiger partial charge is 0.303 e. The molecule has 4 unspecified atom stereocenters. The zero-order valence-corrected chi connectivity index (χ0v) is 34.3. The van der Waals surface area contributed by atoms with Crippen molar-refractivity contribution in [1.82, 2.24) is 5.32 Å². The number of carbonyl (C=O) groups is 2. The summed E-state index contributed by atoms with van der Waals surface area (Å²) < 4.78 is 6.73. The van der Waals surface area contributed by atoms with Crippen molar-refractivity contribution in [2.45, 2.75) is 158 Å². The van der Waals surface area contributed by atoms with Gasteiger partial charge in [0.25, 0.3) is 0 Å². The summed E-state index contributed by atoms with van der Waals surface area (Å²) in [7, 11) is 0. The van der Waals surface area contributed by atoms with Crippen molar-refractivity contribution in [3.05, 3.63) is 59.9 Å². The molecule has 5 heteroatoms. The number of allylic oxidation sites excluding steroid dienone is 2. The number of carboxylic acid groups (broad SMARTS) is 1. The number of carbonyl (C=O) groups excluding carboxylic acids is 1. The normalized spacial score (nSPS) is 39.2. The van der Waals surface area contributed by atoms with Crippen LogP contribution in [0.4, 0.5) is 0 Å². The lowest BCUT2D eigenvalue weighted by Gasteiger charge is -2.73. The Labute approximate surface area is 316 Å². The minimum absolute atomic E-state index is 0.00413. The molecule has 1 amide bonds. The molecule has 1 aromatic carbocycles. The van der Waals surface area contributed by atoms with Crippen molar-refractivity contribution < 1.29 is 19.4 Å². The summed E-state index contributed by atoms with van der Waals surface area (Å²) >= 11 is 0. The highest BCUT2D eigenvalue weighted by atomic mass is 16.5. The summed E-state index contributed by atoms with van der Waals surface area (Å²) in [5.41, 5.74) is 4.15. The third-order valence-corrected chi connectivity index (χ3v) is 17.0. The Morgan fingerprint density at radius 3 is 2.27 bits per heavy atom. The van der Waals surface area contributed by atoms with Gasteiger partial charge in [-0.05, 0) is 146 Å². The lowest BCUT2D eigenvalue weighted by atomic mass is 9.32. The van der Waals surface area contributed by atoms with Crippen molar-refractivity contribution >= 4 is 11.9 Å². The first-order valence-corrected chi connectivity index (χ1v) is 20.7. The number of rotatable bonds is 11. The van der Waals surface area contributed by atoms with E-state index in [9.17, 15) is 14.7 Å². The maximum Gasteiger partial charge on any atom is 0.303 e. The molecule has 5 fully saturated rings. The van der Waals surface area contributed by atoms with Crippen LogP contribution in [-0.2, 0) is 20.9 Å². The molecular weight excluding hydrogens is 643 g/mol. The van der Waals surface area contributed by atoms with E-state index in [4.69, 9.17) is 4.74 Å². The molecule has 10 atom stereocenters. The fourth-order valence-electron chi connectivity index (χ4n) is 14.4. The molecule has 2 N–H and O–H groups in total. The maximum atomic E-state index is 13.8. The SMILES string of the molecule is C=C(CC(C)(C)CC(=O)O)OC1CC[C@@]2(C)C(CC[C@]3(C)C2CC[C@@H]2C4[C@H](C(=C)C)CC[C@]4(CC(=O)NCc4ccccc4C)CC[C@]23C)C1(C)C. The van der Waals surface area contributed by atoms with Gasteiger partial charge in [-0.15, -0.1) is 0 Å². The van der Waals surface area contributed by atoms with Gasteiger partial charge in [-0.3, -0.25) is 9.59 Å². The molecule has 52 heavy (non-hydrogen) atoms. The number of carboxylic acids is 1. The van der Waals surface area contributed by atoms with Crippen molar-refractivity contribution in [2.75, 3.05) is 0 Å². The maximum absolute atomic E-state index is 13.8. The molecule has 5 aliphatic rings. The van der Waals surface area contributed by atoms with Crippen LogP contribution in [0, 0.1) is 69.0 Å². The van der Waals surface area contributed by atoms with E-state index in [2.05, 4.69) is 91.2 Å². The van der Waals surface area contributed by atoms with Gasteiger partial charge in [0.2, 0.25) is 5.91 Å². The summed E-state index contributed by atoms with van der Waals surface area (Å²) in [6.45, 7) is 30.8. The molecule has 0 bridgehead atoms. The number of amides is 1. The minimum atomic E-state index is -0.772. The third kappa shape index (κ3) is 6.50. The van der Waals surface area contributed by atoms with Gasteiger partial charge >= 0.3 is 5.97 Å². The molecule has 5 saturated carbocycles. The van der Waals surface area contributed by atoms with Gasteiger partial charge in [0, 0.05) is 24.8 Å². The number of benzene rings is 1. The number of hydrogen-bond donors (Lipinski definition) is 2. The number of fused-ring (bicyclic) bond motifs is 7. The Bertz CT molecular complexity index is 1570.